The Morgan fingerprint density at radius 1 is 0.143 bits per heavy atom. The molecule has 0 aromatic rings. The van der Waals surface area contributed by atoms with Crippen LogP contribution >= 0.6 is 0 Å². The van der Waals surface area contributed by atoms with E-state index in [9.17, 15) is 0 Å². The third kappa shape index (κ3) is 42.5. The smallest absolute Gasteiger partial charge is 0 e. The van der Waals surface area contributed by atoms with Gasteiger partial charge in [0.25, 0.3) is 0 Å². The number of rotatable bonds is 0. The maximum Gasteiger partial charge on any atom is 0 e. The van der Waals surface area contributed by atoms with Crippen LogP contribution in [0.3, 0.4) is 0 Å². The molecule has 77 valence electrons. The summed E-state index contributed by atoms with van der Waals surface area (Å²) in [6, 6.07) is 0. The average molecular weight is 445 g/mol. The Balaban J connectivity index is 0. The van der Waals surface area contributed by atoms with E-state index in [0.717, 1.165) is 0 Å². The van der Waals surface area contributed by atoms with Crippen molar-refractivity contribution in [3.63, 3.8) is 0 Å². The van der Waals surface area contributed by atoms with Crippen molar-refractivity contribution in [1.29, 1.82) is 0 Å². The van der Waals surface area contributed by atoms with Crippen LogP contribution in [0.25, 0.3) is 0 Å². The first kappa shape index (κ1) is 74.7. The van der Waals surface area contributed by atoms with Gasteiger partial charge in [-0.2, -0.15) is 0 Å². The molecule has 0 N–H and O–H groups in total. The van der Waals surface area contributed by atoms with E-state index >= 15 is 0 Å². The molecule has 0 aliphatic heterocycles. The summed E-state index contributed by atoms with van der Waals surface area (Å²) in [6.45, 7) is 0. The van der Waals surface area contributed by atoms with Crippen molar-refractivity contribution >= 4 is 0 Å². The Morgan fingerprint density at radius 2 is 0.143 bits per heavy atom. The summed E-state index contributed by atoms with van der Waals surface area (Å²) in [5.74, 6) is 0. The van der Waals surface area contributed by atoms with Crippen molar-refractivity contribution in [2.75, 3.05) is 0 Å². The molecule has 0 atom stereocenters. The standard InChI is InChI=1S/7Cu. The van der Waals surface area contributed by atoms with Gasteiger partial charge in [-0.1, -0.05) is 0 Å². The molecule has 0 amide bonds. The first-order valence-electron chi connectivity index (χ1n) is 0. The van der Waals surface area contributed by atoms with Crippen LogP contribution in [0.5, 0.6) is 0 Å². The molecule has 0 bridgehead atoms. The van der Waals surface area contributed by atoms with Gasteiger partial charge < -0.3 is 0 Å². The second-order valence-corrected chi connectivity index (χ2v) is 0. The summed E-state index contributed by atoms with van der Waals surface area (Å²) in [6.07, 6.45) is 0. The van der Waals surface area contributed by atoms with Gasteiger partial charge in [-0.3, -0.25) is 0 Å². The molecule has 0 fully saturated rings. The maximum absolute atomic E-state index is 0. The quantitative estimate of drug-likeness (QED) is 0.461. The minimum absolute atomic E-state index is 0. The zero-order chi connectivity index (χ0) is 0. The van der Waals surface area contributed by atoms with E-state index in [0.29, 0.717) is 0 Å². The summed E-state index contributed by atoms with van der Waals surface area (Å²) in [5.41, 5.74) is 0. The van der Waals surface area contributed by atoms with Crippen LogP contribution in [0.15, 0.2) is 0 Å². The van der Waals surface area contributed by atoms with E-state index in [1.54, 1.807) is 0 Å². The summed E-state index contributed by atoms with van der Waals surface area (Å²) < 4.78 is 0. The van der Waals surface area contributed by atoms with Gasteiger partial charge in [0.05, 0.1) is 0 Å². The Morgan fingerprint density at radius 3 is 0.143 bits per heavy atom. The third-order valence-electron chi connectivity index (χ3n) is 0. The molecule has 0 unspecified atom stereocenters. The van der Waals surface area contributed by atoms with Crippen LogP contribution in [-0.4, -0.2) is 0 Å². The molecule has 7 radical (unpaired) electrons. The van der Waals surface area contributed by atoms with E-state index in [2.05, 4.69) is 0 Å². The Hall–Kier alpha value is 3.64. The van der Waals surface area contributed by atoms with Crippen LogP contribution in [-0.2, 0) is 119 Å². The van der Waals surface area contributed by atoms with Crippen molar-refractivity contribution in [2.45, 2.75) is 0 Å². The van der Waals surface area contributed by atoms with Gasteiger partial charge in [0.2, 0.25) is 0 Å². The van der Waals surface area contributed by atoms with Crippen LogP contribution in [0.4, 0.5) is 0 Å². The van der Waals surface area contributed by atoms with Crippen LogP contribution < -0.4 is 0 Å². The summed E-state index contributed by atoms with van der Waals surface area (Å²) >= 11 is 0. The predicted octanol–water partition coefficient (Wildman–Crippen LogP) is -0.0175. The third-order valence-corrected chi connectivity index (χ3v) is 0. The molecule has 0 aliphatic carbocycles. The summed E-state index contributed by atoms with van der Waals surface area (Å²) in [4.78, 5) is 0. The van der Waals surface area contributed by atoms with Crippen LogP contribution in [0.1, 0.15) is 0 Å². The number of hydrogen-bond acceptors (Lipinski definition) is 0. The molecule has 0 saturated carbocycles. The zero-order valence-electron chi connectivity index (χ0n) is 2.11. The Kier molecular flexibility index (Phi) is 580. The Bertz CT molecular complexity index is 0. The van der Waals surface area contributed by atoms with Crippen molar-refractivity contribution < 1.29 is 119 Å². The zero-order valence-corrected chi connectivity index (χ0v) is 8.70. The van der Waals surface area contributed by atoms with E-state index in [1.807, 2.05) is 0 Å². The van der Waals surface area contributed by atoms with Crippen LogP contribution in [0.2, 0.25) is 0 Å². The summed E-state index contributed by atoms with van der Waals surface area (Å²) in [7, 11) is 0. The molecule has 0 saturated heterocycles. The van der Waals surface area contributed by atoms with Crippen LogP contribution in [0, 0.1) is 0 Å². The van der Waals surface area contributed by atoms with Gasteiger partial charge in [0.15, 0.2) is 0 Å². The largest absolute Gasteiger partial charge is 0 e. The molecule has 0 rings (SSSR count). The fourth-order valence-corrected chi connectivity index (χ4v) is 0. The topological polar surface area (TPSA) is 0 Å². The maximum atomic E-state index is 0. The fourth-order valence-electron chi connectivity index (χ4n) is 0. The molecule has 0 aromatic heterocycles. The molecule has 0 nitrogen and oxygen atoms in total. The monoisotopic (exact) mass is 441 g/mol. The SMILES string of the molecule is [Cu].[Cu].[Cu].[Cu].[Cu].[Cu].[Cu]. The van der Waals surface area contributed by atoms with Crippen molar-refractivity contribution in [3.8, 4) is 0 Å². The minimum Gasteiger partial charge on any atom is 0 e. The molecule has 7 heavy (non-hydrogen) atoms. The molecular formula is Cu7. The predicted molar refractivity (Wildman–Crippen MR) is 0 cm³/mol. The molecular weight excluding hydrogens is 445 g/mol. The van der Waals surface area contributed by atoms with E-state index < -0.39 is 0 Å². The Labute approximate surface area is 118 Å². The first-order valence-corrected chi connectivity index (χ1v) is 0. The van der Waals surface area contributed by atoms with Gasteiger partial charge in [-0.15, -0.1) is 0 Å². The normalized spacial score (nSPS) is 0. The van der Waals surface area contributed by atoms with Gasteiger partial charge in [-0.25, -0.2) is 0 Å². The summed E-state index contributed by atoms with van der Waals surface area (Å²) in [5, 5.41) is 0. The van der Waals surface area contributed by atoms with E-state index in [1.165, 1.54) is 0 Å². The van der Waals surface area contributed by atoms with Crippen molar-refractivity contribution in [3.05, 3.63) is 0 Å². The minimum atomic E-state index is 0. The second kappa shape index (κ2) is 54.4. The number of hydrogen-bond donors (Lipinski definition) is 0. The van der Waals surface area contributed by atoms with E-state index in [-0.39, 0.29) is 119 Å². The molecule has 0 heterocycles. The fraction of sp³-hybridized carbons (Fsp3) is 0. The van der Waals surface area contributed by atoms with Gasteiger partial charge in [0, 0.05) is 119 Å². The second-order valence-electron chi connectivity index (χ2n) is 0. The molecule has 0 spiro atoms. The van der Waals surface area contributed by atoms with Gasteiger partial charge in [0.1, 0.15) is 0 Å². The van der Waals surface area contributed by atoms with Crippen molar-refractivity contribution in [2.24, 2.45) is 0 Å². The van der Waals surface area contributed by atoms with Gasteiger partial charge in [-0.05, 0) is 0 Å². The average Bonchev–Trinajstić information content (AvgIpc) is 0. The van der Waals surface area contributed by atoms with E-state index in [4.69, 9.17) is 0 Å². The van der Waals surface area contributed by atoms with Crippen molar-refractivity contribution in [1.82, 2.24) is 0 Å². The molecule has 0 aliphatic rings. The first-order chi connectivity index (χ1) is 0. The molecule has 7 heteroatoms. The van der Waals surface area contributed by atoms with Gasteiger partial charge >= 0.3 is 0 Å². The molecule has 0 aromatic carbocycles.